The molecular formula is C17H26IN5O5S. The molecule has 1 aromatic rings. The van der Waals surface area contributed by atoms with E-state index in [0.717, 1.165) is 48.7 Å². The molecule has 1 aromatic carbocycles. The van der Waals surface area contributed by atoms with Gasteiger partial charge in [0.05, 0.1) is 12.5 Å². The van der Waals surface area contributed by atoms with Gasteiger partial charge in [0.15, 0.2) is 18.3 Å². The maximum Gasteiger partial charge on any atom is 0.274 e. The lowest BCUT2D eigenvalue weighted by Crippen LogP contribution is -2.40. The van der Waals surface area contributed by atoms with E-state index in [4.69, 9.17) is 22.5 Å². The summed E-state index contributed by atoms with van der Waals surface area (Å²) in [6, 6.07) is 3.81. The molecule has 2 aliphatic heterocycles. The minimum atomic E-state index is -3.62. The van der Waals surface area contributed by atoms with Crippen LogP contribution in [0.15, 0.2) is 18.5 Å². The Labute approximate surface area is 180 Å². The number of nitrogens with zero attached hydrogens (tertiary/aromatic N) is 3. The highest BCUT2D eigenvalue weighted by Crippen LogP contribution is 2.28. The van der Waals surface area contributed by atoms with E-state index in [1.807, 2.05) is 12.1 Å². The van der Waals surface area contributed by atoms with E-state index in [1.165, 1.54) is 0 Å². The fourth-order valence-electron chi connectivity index (χ4n) is 3.40. The molecule has 0 radical (unpaired) electrons. The van der Waals surface area contributed by atoms with Crippen LogP contribution in [-0.2, 0) is 14.9 Å². The van der Waals surface area contributed by atoms with Gasteiger partial charge in [-0.25, -0.2) is 13.1 Å². The summed E-state index contributed by atoms with van der Waals surface area (Å²) >= 11 is -0.656. The van der Waals surface area contributed by atoms with Crippen molar-refractivity contribution in [3.63, 3.8) is 0 Å². The first kappa shape index (κ1) is 22.3. The minimum Gasteiger partial charge on any atom is -0.493 e. The van der Waals surface area contributed by atoms with Crippen molar-refractivity contribution >= 4 is 37.3 Å². The highest BCUT2D eigenvalue weighted by atomic mass is 127. The molecule has 1 fully saturated rings. The van der Waals surface area contributed by atoms with Crippen LogP contribution in [0.5, 0.6) is 11.5 Å². The van der Waals surface area contributed by atoms with Crippen molar-refractivity contribution in [3.05, 3.63) is 22.7 Å². The third kappa shape index (κ3) is 6.07. The molecule has 3 rings (SSSR count). The number of piperidine rings is 1. The molecule has 29 heavy (non-hydrogen) atoms. The number of nitrogens with one attached hydrogen (secondary N) is 1. The highest BCUT2D eigenvalue weighted by Gasteiger charge is 2.23. The Morgan fingerprint density at radius 2 is 2.03 bits per heavy atom. The first-order chi connectivity index (χ1) is 13.9. The summed E-state index contributed by atoms with van der Waals surface area (Å²) in [4.78, 5) is 2.28. The van der Waals surface area contributed by atoms with Gasteiger partial charge in [0, 0.05) is 38.0 Å². The summed E-state index contributed by atoms with van der Waals surface area (Å²) in [5, 5.41) is 6.80. The second kappa shape index (κ2) is 10.1. The number of rotatable bonds is 9. The van der Waals surface area contributed by atoms with Crippen LogP contribution in [0.3, 0.4) is 0 Å². The van der Waals surface area contributed by atoms with Crippen LogP contribution in [0, 0.1) is 5.92 Å². The first-order valence-corrected chi connectivity index (χ1v) is 12.7. The zero-order valence-electron chi connectivity index (χ0n) is 16.4. The van der Waals surface area contributed by atoms with Gasteiger partial charge >= 0.3 is 0 Å². The van der Waals surface area contributed by atoms with Crippen molar-refractivity contribution < 1.29 is 22.6 Å². The molecule has 10 nitrogen and oxygen atoms in total. The number of hydrogen-bond donors (Lipinski definition) is 2. The monoisotopic (exact) mass is 539 g/mol. The molecule has 2 aliphatic rings. The van der Waals surface area contributed by atoms with Crippen molar-refractivity contribution in [2.24, 2.45) is 17.4 Å². The summed E-state index contributed by atoms with van der Waals surface area (Å²) < 4.78 is 49.8. The lowest BCUT2D eigenvalue weighted by molar-refractivity contribution is 0.0490. The van der Waals surface area contributed by atoms with Gasteiger partial charge in [-0.2, -0.15) is 11.6 Å². The van der Waals surface area contributed by atoms with Crippen molar-refractivity contribution in [1.82, 2.24) is 9.62 Å². The summed E-state index contributed by atoms with van der Waals surface area (Å²) in [7, 11) is -0.450. The molecule has 1 saturated heterocycles. The molecule has 0 saturated carbocycles. The number of nitrogens with two attached hydrogens (primary N) is 1. The highest BCUT2D eigenvalue weighted by molar-refractivity contribution is 14.1. The number of fused-ring (bicyclic) bond motifs is 1. The van der Waals surface area contributed by atoms with Crippen LogP contribution in [-0.4, -0.2) is 54.0 Å². The summed E-state index contributed by atoms with van der Waals surface area (Å²) in [6.45, 7) is 2.23. The van der Waals surface area contributed by atoms with Crippen LogP contribution in [0.2, 0.25) is 0 Å². The van der Waals surface area contributed by atoms with Gasteiger partial charge in [-0.05, 0) is 31.2 Å². The van der Waals surface area contributed by atoms with E-state index in [9.17, 15) is 8.42 Å². The van der Waals surface area contributed by atoms with Crippen LogP contribution in [0.25, 0.3) is 5.82 Å². The zero-order chi connectivity index (χ0) is 20.9. The standard InChI is InChI=1S/C17H26IN5O5S/c1-26-11-28-16-9-13-14(10-15(16)27-2)21-18-22-17(13)23-7-4-12(5-8-23)3-6-20-29(19,24)25/h9-10,12,20H,3-8,11H2,1-2H3,(H2,19,24,25). The Balaban J connectivity index is 1.75. The fourth-order valence-corrected chi connectivity index (χ4v) is 5.31. The number of methoxy groups -OCH3 is 2. The third-order valence-electron chi connectivity index (χ3n) is 4.87. The van der Waals surface area contributed by atoms with Crippen molar-refractivity contribution in [2.45, 2.75) is 19.3 Å². The zero-order valence-corrected chi connectivity index (χ0v) is 19.4. The van der Waals surface area contributed by atoms with Gasteiger partial charge in [-0.15, -0.1) is 0 Å². The largest absolute Gasteiger partial charge is 0.493 e. The molecule has 0 bridgehead atoms. The Morgan fingerprint density at radius 1 is 1.28 bits per heavy atom. The van der Waals surface area contributed by atoms with Crippen LogP contribution >= 0.6 is 21.3 Å². The lowest BCUT2D eigenvalue weighted by atomic mass is 9.93. The van der Waals surface area contributed by atoms with Gasteiger partial charge < -0.3 is 19.1 Å². The number of likely N-dealkylation sites (tertiary alicyclic amines) is 1. The summed E-state index contributed by atoms with van der Waals surface area (Å²) in [5.41, 5.74) is 0. The van der Waals surface area contributed by atoms with Crippen molar-refractivity contribution in [2.75, 3.05) is 40.6 Å². The number of halogens is 1. The molecule has 0 aliphatic carbocycles. The predicted molar refractivity (Wildman–Crippen MR) is 116 cm³/mol. The van der Waals surface area contributed by atoms with E-state index in [2.05, 4.69) is 12.8 Å². The smallest absolute Gasteiger partial charge is 0.274 e. The van der Waals surface area contributed by atoms with E-state index in [1.54, 1.807) is 14.2 Å². The third-order valence-corrected chi connectivity index (χ3v) is 6.89. The molecule has 0 aromatic heterocycles. The molecule has 0 spiro atoms. The quantitative estimate of drug-likeness (QED) is 0.344. The predicted octanol–water partition coefficient (Wildman–Crippen LogP) is 0.341. The average molecular weight is 539 g/mol. The van der Waals surface area contributed by atoms with Crippen LogP contribution < -0.4 is 29.9 Å². The van der Waals surface area contributed by atoms with E-state index in [-0.39, 0.29) is 6.79 Å². The average Bonchev–Trinajstić information content (AvgIpc) is 2.70. The van der Waals surface area contributed by atoms with E-state index >= 15 is 0 Å². The second-order valence-corrected chi connectivity index (χ2v) is 9.57. The van der Waals surface area contributed by atoms with Crippen LogP contribution in [0.4, 0.5) is 0 Å². The van der Waals surface area contributed by atoms with Crippen molar-refractivity contribution in [3.8, 4) is 11.5 Å². The summed E-state index contributed by atoms with van der Waals surface area (Å²) in [6.07, 6.45) is 2.72. The van der Waals surface area contributed by atoms with Gasteiger partial charge in [-0.1, -0.05) is 0 Å². The Kier molecular flexibility index (Phi) is 7.79. The Bertz CT molecular complexity index is 977. The topological polar surface area (TPSA) is 128 Å². The maximum atomic E-state index is 11.0. The van der Waals surface area contributed by atoms with Gasteiger partial charge in [0.2, 0.25) is 0 Å². The van der Waals surface area contributed by atoms with Crippen LogP contribution in [0.1, 0.15) is 19.3 Å². The second-order valence-electron chi connectivity index (χ2n) is 6.80. The first-order valence-electron chi connectivity index (χ1n) is 9.20. The molecule has 0 atom stereocenters. The minimum absolute atomic E-state index is 0.129. The molecular weight excluding hydrogens is 513 g/mol. The molecule has 162 valence electrons. The normalized spacial score (nSPS) is 17.3. The molecule has 2 heterocycles. The summed E-state index contributed by atoms with van der Waals surface area (Å²) in [5.74, 6) is 2.63. The van der Waals surface area contributed by atoms with Crippen molar-refractivity contribution in [1.29, 1.82) is 0 Å². The maximum absolute atomic E-state index is 11.0. The van der Waals surface area contributed by atoms with Gasteiger partial charge in [0.1, 0.15) is 27.1 Å². The number of ether oxygens (including phenoxy) is 3. The van der Waals surface area contributed by atoms with Gasteiger partial charge in [-0.3, -0.25) is 0 Å². The molecule has 3 N–H and O–H groups in total. The lowest BCUT2D eigenvalue weighted by Gasteiger charge is -2.33. The fraction of sp³-hybridized carbons (Fsp3) is 0.588. The molecule has 0 amide bonds. The Hall–Kier alpha value is -1.35. The molecule has 0 unspecified atom stereocenters. The van der Waals surface area contributed by atoms with E-state index in [0.29, 0.717) is 24.0 Å². The SMILES string of the molecule is COCOc1cc2c(cc1OC)=NI=NC=2N1CCC(CCNS(N)(=O)=O)CC1. The number of benzene rings is 1. The molecule has 12 heteroatoms. The van der Waals surface area contributed by atoms with E-state index < -0.39 is 31.5 Å². The number of hydrogen-bond acceptors (Lipinski definition) is 8. The Morgan fingerprint density at radius 3 is 2.69 bits per heavy atom. The van der Waals surface area contributed by atoms with Gasteiger partial charge in [0.25, 0.3) is 10.2 Å².